The molecule has 0 heterocycles. The lowest BCUT2D eigenvalue weighted by Crippen LogP contribution is -2.19. The van der Waals surface area contributed by atoms with Crippen LogP contribution in [0.15, 0.2) is 36.4 Å². The fourth-order valence-corrected chi connectivity index (χ4v) is 2.97. The van der Waals surface area contributed by atoms with E-state index in [9.17, 15) is 0 Å². The molecule has 100 valence electrons. The van der Waals surface area contributed by atoms with Gasteiger partial charge in [0.05, 0.1) is 5.71 Å². The second-order valence-corrected chi connectivity index (χ2v) is 5.60. The normalized spacial score (nSPS) is 14.3. The second-order valence-electron chi connectivity index (χ2n) is 5.20. The van der Waals surface area contributed by atoms with Crippen LogP contribution in [0.25, 0.3) is 0 Å². The Balaban J connectivity index is 2.30. The zero-order valence-corrected chi connectivity index (χ0v) is 12.0. The van der Waals surface area contributed by atoms with E-state index in [4.69, 9.17) is 22.4 Å². The van der Waals surface area contributed by atoms with Crippen molar-refractivity contribution in [1.82, 2.24) is 0 Å². The van der Waals surface area contributed by atoms with E-state index in [2.05, 4.69) is 0 Å². The largest absolute Gasteiger partial charge is 0.309 e. The summed E-state index contributed by atoms with van der Waals surface area (Å²) in [5, 5.41) is 17.4. The van der Waals surface area contributed by atoms with Crippen molar-refractivity contribution in [2.45, 2.75) is 19.8 Å². The molecule has 0 unspecified atom stereocenters. The molecule has 2 aromatic carbocycles. The van der Waals surface area contributed by atoms with E-state index < -0.39 is 0 Å². The molecule has 0 spiro atoms. The summed E-state index contributed by atoms with van der Waals surface area (Å²) in [7, 11) is 0. The van der Waals surface area contributed by atoms with Gasteiger partial charge in [-0.15, -0.1) is 0 Å². The number of nitrogens with one attached hydrogen (secondary N) is 2. The minimum atomic E-state index is 0.517. The van der Waals surface area contributed by atoms with Crippen LogP contribution in [-0.4, -0.2) is 11.4 Å². The molecule has 2 nitrogen and oxygen atoms in total. The average Bonchev–Trinajstić information content (AvgIpc) is 2.42. The van der Waals surface area contributed by atoms with Gasteiger partial charge in [0.2, 0.25) is 0 Å². The summed E-state index contributed by atoms with van der Waals surface area (Å²) in [4.78, 5) is 0. The van der Waals surface area contributed by atoms with Crippen LogP contribution >= 0.6 is 11.6 Å². The number of rotatable bonds is 0. The van der Waals surface area contributed by atoms with E-state index in [1.807, 2.05) is 43.3 Å². The molecule has 1 aliphatic carbocycles. The molecule has 0 saturated carbocycles. The van der Waals surface area contributed by atoms with Crippen molar-refractivity contribution in [2.75, 3.05) is 0 Å². The maximum Gasteiger partial charge on any atom is 0.0693 e. The van der Waals surface area contributed by atoms with Gasteiger partial charge in [-0.2, -0.15) is 0 Å². The lowest BCUT2D eigenvalue weighted by molar-refractivity contribution is 1.14. The third kappa shape index (κ3) is 2.06. The van der Waals surface area contributed by atoms with Gasteiger partial charge in [0.25, 0.3) is 0 Å². The number of benzene rings is 2. The first-order valence-electron chi connectivity index (χ1n) is 6.59. The zero-order valence-electron chi connectivity index (χ0n) is 11.3. The molecule has 0 saturated heterocycles. The maximum atomic E-state index is 8.56. The lowest BCUT2D eigenvalue weighted by Gasteiger charge is -2.21. The standard InChI is InChI=1S/C17H15ClN2/c1-10-15(18)7-6-12-9-13(19)8-11-4-2-3-5-14(11)17(20)16(10)12/h2-7,19-20H,8-9H2,1H3. The fraction of sp³-hybridized carbons (Fsp3) is 0.176. The van der Waals surface area contributed by atoms with Crippen LogP contribution in [0.5, 0.6) is 0 Å². The molecule has 1 aliphatic rings. The molecule has 3 heteroatoms. The number of hydrogen-bond acceptors (Lipinski definition) is 2. The van der Waals surface area contributed by atoms with Gasteiger partial charge in [0.1, 0.15) is 0 Å². The highest BCUT2D eigenvalue weighted by Gasteiger charge is 2.21. The summed E-state index contributed by atoms with van der Waals surface area (Å²) in [6, 6.07) is 11.7. The fourth-order valence-electron chi connectivity index (χ4n) is 2.81. The number of fused-ring (bicyclic) bond motifs is 2. The Labute approximate surface area is 123 Å². The Morgan fingerprint density at radius 2 is 1.65 bits per heavy atom. The van der Waals surface area contributed by atoms with Gasteiger partial charge < -0.3 is 5.41 Å². The van der Waals surface area contributed by atoms with Crippen molar-refractivity contribution < 1.29 is 0 Å². The summed E-state index contributed by atoms with van der Waals surface area (Å²) >= 11 is 6.22. The molecular formula is C17H15ClN2. The highest BCUT2D eigenvalue weighted by molar-refractivity contribution is 6.32. The maximum absolute atomic E-state index is 8.56. The second kappa shape index (κ2) is 4.88. The smallest absolute Gasteiger partial charge is 0.0693 e. The van der Waals surface area contributed by atoms with Crippen LogP contribution in [0.3, 0.4) is 0 Å². The summed E-state index contributed by atoms with van der Waals surface area (Å²) < 4.78 is 0. The third-order valence-electron chi connectivity index (χ3n) is 3.83. The summed E-state index contributed by atoms with van der Waals surface area (Å²) in [5.74, 6) is 0. The van der Waals surface area contributed by atoms with E-state index in [1.165, 1.54) is 0 Å². The van der Waals surface area contributed by atoms with Gasteiger partial charge in [-0.05, 0) is 29.7 Å². The Morgan fingerprint density at radius 1 is 0.950 bits per heavy atom. The molecule has 0 bridgehead atoms. The van der Waals surface area contributed by atoms with Crippen LogP contribution in [0, 0.1) is 17.7 Å². The molecule has 0 fully saturated rings. The molecule has 0 aromatic heterocycles. The first kappa shape index (κ1) is 13.1. The quantitative estimate of drug-likeness (QED) is 0.728. The SMILES string of the molecule is Cc1c(Cl)ccc2c1C(=N)c1ccccc1CC(=N)C2. The first-order valence-corrected chi connectivity index (χ1v) is 6.97. The van der Waals surface area contributed by atoms with Crippen molar-refractivity contribution in [3.05, 3.63) is 69.2 Å². The van der Waals surface area contributed by atoms with Gasteiger partial charge in [0, 0.05) is 34.7 Å². The third-order valence-corrected chi connectivity index (χ3v) is 4.24. The summed E-state index contributed by atoms with van der Waals surface area (Å²) in [6.07, 6.45) is 1.20. The predicted molar refractivity (Wildman–Crippen MR) is 83.7 cm³/mol. The Morgan fingerprint density at radius 3 is 2.45 bits per heavy atom. The van der Waals surface area contributed by atoms with E-state index in [1.54, 1.807) is 0 Å². The van der Waals surface area contributed by atoms with Crippen LogP contribution in [0.1, 0.15) is 27.8 Å². The Bertz CT molecular complexity index is 732. The Kier molecular flexibility index (Phi) is 3.19. The summed E-state index contributed by atoms with van der Waals surface area (Å²) in [6.45, 7) is 1.95. The van der Waals surface area contributed by atoms with Crippen LogP contribution in [0.2, 0.25) is 5.02 Å². The predicted octanol–water partition coefficient (Wildman–Crippen LogP) is 4.18. The topological polar surface area (TPSA) is 47.7 Å². The lowest BCUT2D eigenvalue weighted by atomic mass is 9.84. The van der Waals surface area contributed by atoms with Crippen molar-refractivity contribution in [2.24, 2.45) is 0 Å². The molecule has 0 atom stereocenters. The minimum absolute atomic E-state index is 0.517. The minimum Gasteiger partial charge on any atom is -0.309 e. The first-order chi connectivity index (χ1) is 9.58. The average molecular weight is 283 g/mol. The van der Waals surface area contributed by atoms with Crippen molar-refractivity contribution >= 4 is 23.0 Å². The molecule has 2 N–H and O–H groups in total. The van der Waals surface area contributed by atoms with Crippen molar-refractivity contribution in [1.29, 1.82) is 10.8 Å². The molecule has 20 heavy (non-hydrogen) atoms. The zero-order chi connectivity index (χ0) is 14.3. The van der Waals surface area contributed by atoms with Gasteiger partial charge in [-0.1, -0.05) is 41.9 Å². The van der Waals surface area contributed by atoms with E-state index in [-0.39, 0.29) is 0 Å². The van der Waals surface area contributed by atoms with Gasteiger partial charge in [0.15, 0.2) is 0 Å². The number of halogens is 1. The number of hydrogen-bond donors (Lipinski definition) is 2. The van der Waals surface area contributed by atoms with Crippen LogP contribution < -0.4 is 0 Å². The van der Waals surface area contributed by atoms with Crippen molar-refractivity contribution in [3.8, 4) is 0 Å². The Hall–Kier alpha value is -1.93. The monoisotopic (exact) mass is 282 g/mol. The van der Waals surface area contributed by atoms with Gasteiger partial charge in [-0.3, -0.25) is 5.41 Å². The highest BCUT2D eigenvalue weighted by atomic mass is 35.5. The van der Waals surface area contributed by atoms with Gasteiger partial charge >= 0.3 is 0 Å². The highest BCUT2D eigenvalue weighted by Crippen LogP contribution is 2.29. The molecule has 0 aliphatic heterocycles. The van der Waals surface area contributed by atoms with Gasteiger partial charge in [-0.25, -0.2) is 0 Å². The van der Waals surface area contributed by atoms with Crippen LogP contribution in [0.4, 0.5) is 0 Å². The molecule has 3 rings (SSSR count). The van der Waals surface area contributed by atoms with E-state index in [0.717, 1.165) is 27.8 Å². The molecule has 0 radical (unpaired) electrons. The molecule has 2 aromatic rings. The van der Waals surface area contributed by atoms with E-state index in [0.29, 0.717) is 29.3 Å². The van der Waals surface area contributed by atoms with Crippen LogP contribution in [-0.2, 0) is 12.8 Å². The van der Waals surface area contributed by atoms with Crippen molar-refractivity contribution in [3.63, 3.8) is 0 Å². The summed E-state index contributed by atoms with van der Waals surface area (Å²) in [5.41, 5.74) is 5.98. The molecule has 0 amide bonds. The molecular weight excluding hydrogens is 268 g/mol. The van der Waals surface area contributed by atoms with E-state index >= 15 is 0 Å².